The van der Waals surface area contributed by atoms with Crippen molar-refractivity contribution in [3.8, 4) is 11.5 Å². The van der Waals surface area contributed by atoms with Gasteiger partial charge in [0.25, 0.3) is 5.91 Å². The number of hydrogen-bond acceptors (Lipinski definition) is 5. The molecule has 7 nitrogen and oxygen atoms in total. The van der Waals surface area contributed by atoms with Gasteiger partial charge in [-0.25, -0.2) is 13.1 Å². The number of rotatable bonds is 9. The average molecular weight is 392 g/mol. The number of benzene rings is 2. The molecule has 0 aliphatic rings. The zero-order valence-corrected chi connectivity index (χ0v) is 16.4. The summed E-state index contributed by atoms with van der Waals surface area (Å²) in [7, 11) is -2.02. The Morgan fingerprint density at radius 1 is 1.11 bits per heavy atom. The van der Waals surface area contributed by atoms with Gasteiger partial charge >= 0.3 is 0 Å². The van der Waals surface area contributed by atoms with Crippen molar-refractivity contribution in [1.82, 2.24) is 4.72 Å². The van der Waals surface area contributed by atoms with Gasteiger partial charge in [-0.05, 0) is 49.7 Å². The van der Waals surface area contributed by atoms with E-state index < -0.39 is 10.0 Å². The SMILES string of the molecule is CC[C@H](C)NS(=O)(=O)c1ccc(OCC(=O)Nc2cccc(OC)c2)cc1. The first-order valence-corrected chi connectivity index (χ1v) is 10.0. The first-order valence-electron chi connectivity index (χ1n) is 8.53. The Balaban J connectivity index is 1.91. The van der Waals surface area contributed by atoms with Crippen LogP contribution in [0.1, 0.15) is 20.3 Å². The summed E-state index contributed by atoms with van der Waals surface area (Å²) in [6.07, 6.45) is 0.697. The molecule has 0 heterocycles. The summed E-state index contributed by atoms with van der Waals surface area (Å²) in [6.45, 7) is 3.51. The molecule has 0 fully saturated rings. The lowest BCUT2D eigenvalue weighted by molar-refractivity contribution is -0.118. The second kappa shape index (κ2) is 9.38. The van der Waals surface area contributed by atoms with E-state index in [4.69, 9.17) is 9.47 Å². The summed E-state index contributed by atoms with van der Waals surface area (Å²) >= 11 is 0. The number of anilines is 1. The molecular weight excluding hydrogens is 368 g/mol. The highest BCUT2D eigenvalue weighted by atomic mass is 32.2. The normalized spacial score (nSPS) is 12.3. The van der Waals surface area contributed by atoms with Crippen LogP contribution >= 0.6 is 0 Å². The quantitative estimate of drug-likeness (QED) is 0.684. The zero-order valence-electron chi connectivity index (χ0n) is 15.6. The minimum Gasteiger partial charge on any atom is -0.497 e. The van der Waals surface area contributed by atoms with E-state index in [0.29, 0.717) is 23.6 Å². The summed E-state index contributed by atoms with van der Waals surface area (Å²) in [5.74, 6) is 0.702. The number of carbonyl (C=O) groups is 1. The van der Waals surface area contributed by atoms with Gasteiger partial charge in [0.05, 0.1) is 12.0 Å². The van der Waals surface area contributed by atoms with Crippen LogP contribution in [0.3, 0.4) is 0 Å². The van der Waals surface area contributed by atoms with Crippen molar-refractivity contribution in [3.05, 3.63) is 48.5 Å². The van der Waals surface area contributed by atoms with Crippen LogP contribution in [0.4, 0.5) is 5.69 Å². The number of nitrogens with one attached hydrogen (secondary N) is 2. The third-order valence-electron chi connectivity index (χ3n) is 3.83. The maximum Gasteiger partial charge on any atom is 0.262 e. The Bertz CT molecular complexity index is 866. The molecule has 0 unspecified atom stereocenters. The standard InChI is InChI=1S/C19H24N2O5S/c1-4-14(2)21-27(23,24)18-10-8-16(9-11-18)26-13-19(22)20-15-6-5-7-17(12-15)25-3/h5-12,14,21H,4,13H2,1-3H3,(H,20,22)/t14-/m0/s1. The Morgan fingerprint density at radius 3 is 2.44 bits per heavy atom. The van der Waals surface area contributed by atoms with Crippen LogP contribution in [-0.2, 0) is 14.8 Å². The molecule has 2 aromatic rings. The van der Waals surface area contributed by atoms with Gasteiger partial charge in [-0.3, -0.25) is 4.79 Å². The van der Waals surface area contributed by atoms with E-state index in [-0.39, 0.29) is 23.5 Å². The molecule has 2 N–H and O–H groups in total. The molecule has 27 heavy (non-hydrogen) atoms. The maximum absolute atomic E-state index is 12.2. The molecule has 0 aliphatic carbocycles. The molecule has 0 aliphatic heterocycles. The van der Waals surface area contributed by atoms with Crippen molar-refractivity contribution in [3.63, 3.8) is 0 Å². The van der Waals surface area contributed by atoms with E-state index >= 15 is 0 Å². The summed E-state index contributed by atoms with van der Waals surface area (Å²) in [6, 6.07) is 12.8. The van der Waals surface area contributed by atoms with Gasteiger partial charge in [0.2, 0.25) is 10.0 Å². The minimum absolute atomic E-state index is 0.147. The molecule has 8 heteroatoms. The van der Waals surface area contributed by atoms with E-state index in [2.05, 4.69) is 10.0 Å². The fourth-order valence-electron chi connectivity index (χ4n) is 2.18. The van der Waals surface area contributed by atoms with E-state index in [1.54, 1.807) is 38.3 Å². The Labute approximate surface area is 159 Å². The van der Waals surface area contributed by atoms with E-state index in [1.807, 2.05) is 6.92 Å². The molecule has 0 radical (unpaired) electrons. The third kappa shape index (κ3) is 6.26. The molecule has 0 aromatic heterocycles. The van der Waals surface area contributed by atoms with Crippen molar-refractivity contribution in [1.29, 1.82) is 0 Å². The lowest BCUT2D eigenvalue weighted by Gasteiger charge is -2.12. The van der Waals surface area contributed by atoms with Crippen LogP contribution in [0.2, 0.25) is 0 Å². The van der Waals surface area contributed by atoms with Gasteiger partial charge in [-0.1, -0.05) is 13.0 Å². The maximum atomic E-state index is 12.2. The molecule has 1 amide bonds. The molecular formula is C19H24N2O5S. The zero-order chi connectivity index (χ0) is 19.9. The van der Waals surface area contributed by atoms with Crippen molar-refractivity contribution < 1.29 is 22.7 Å². The van der Waals surface area contributed by atoms with Crippen molar-refractivity contribution in [2.45, 2.75) is 31.2 Å². The lowest BCUT2D eigenvalue weighted by atomic mass is 10.3. The van der Waals surface area contributed by atoms with E-state index in [1.165, 1.54) is 24.3 Å². The van der Waals surface area contributed by atoms with Gasteiger partial charge in [0.15, 0.2) is 6.61 Å². The Kier molecular flexibility index (Phi) is 7.20. The van der Waals surface area contributed by atoms with Crippen LogP contribution in [0.25, 0.3) is 0 Å². The summed E-state index contributed by atoms with van der Waals surface area (Å²) in [5.41, 5.74) is 0.598. The van der Waals surface area contributed by atoms with Crippen LogP contribution in [0.5, 0.6) is 11.5 Å². The number of hydrogen-bond donors (Lipinski definition) is 2. The number of sulfonamides is 1. The minimum atomic E-state index is -3.56. The Morgan fingerprint density at radius 2 is 1.81 bits per heavy atom. The van der Waals surface area contributed by atoms with Gasteiger partial charge in [0, 0.05) is 17.8 Å². The predicted octanol–water partition coefficient (Wildman–Crippen LogP) is 2.79. The predicted molar refractivity (Wildman–Crippen MR) is 104 cm³/mol. The lowest BCUT2D eigenvalue weighted by Crippen LogP contribution is -2.31. The molecule has 0 saturated carbocycles. The third-order valence-corrected chi connectivity index (χ3v) is 5.43. The van der Waals surface area contributed by atoms with Crippen molar-refractivity contribution >= 4 is 21.6 Å². The second-order valence-electron chi connectivity index (χ2n) is 5.97. The first kappa shape index (κ1) is 20.7. The average Bonchev–Trinajstić information content (AvgIpc) is 2.66. The highest BCUT2D eigenvalue weighted by Gasteiger charge is 2.16. The van der Waals surface area contributed by atoms with E-state index in [9.17, 15) is 13.2 Å². The van der Waals surface area contributed by atoms with Gasteiger partial charge in [-0.2, -0.15) is 0 Å². The fourth-order valence-corrected chi connectivity index (χ4v) is 3.50. The van der Waals surface area contributed by atoms with Crippen LogP contribution < -0.4 is 19.5 Å². The molecule has 146 valence electrons. The number of amides is 1. The molecule has 0 spiro atoms. The second-order valence-corrected chi connectivity index (χ2v) is 7.68. The molecule has 0 saturated heterocycles. The van der Waals surface area contributed by atoms with Crippen LogP contribution in [0, 0.1) is 0 Å². The smallest absolute Gasteiger partial charge is 0.262 e. The molecule has 2 rings (SSSR count). The van der Waals surface area contributed by atoms with Crippen LogP contribution in [-0.4, -0.2) is 34.1 Å². The van der Waals surface area contributed by atoms with Crippen LogP contribution in [0.15, 0.2) is 53.4 Å². The molecule has 0 bridgehead atoms. The summed E-state index contributed by atoms with van der Waals surface area (Å²) in [5, 5.41) is 2.70. The number of methoxy groups -OCH3 is 1. The largest absolute Gasteiger partial charge is 0.497 e. The fraction of sp³-hybridized carbons (Fsp3) is 0.316. The van der Waals surface area contributed by atoms with Crippen molar-refractivity contribution in [2.24, 2.45) is 0 Å². The Hall–Kier alpha value is -2.58. The number of carbonyl (C=O) groups excluding carboxylic acids is 1. The highest BCUT2D eigenvalue weighted by Crippen LogP contribution is 2.18. The summed E-state index contributed by atoms with van der Waals surface area (Å²) < 4.78 is 37.5. The first-order chi connectivity index (χ1) is 12.8. The highest BCUT2D eigenvalue weighted by molar-refractivity contribution is 7.89. The van der Waals surface area contributed by atoms with E-state index in [0.717, 1.165) is 0 Å². The molecule has 1 atom stereocenters. The van der Waals surface area contributed by atoms with Crippen molar-refractivity contribution in [2.75, 3.05) is 19.0 Å². The van der Waals surface area contributed by atoms with Gasteiger partial charge in [0.1, 0.15) is 11.5 Å². The number of ether oxygens (including phenoxy) is 2. The molecule has 2 aromatic carbocycles. The van der Waals surface area contributed by atoms with Gasteiger partial charge in [-0.15, -0.1) is 0 Å². The van der Waals surface area contributed by atoms with Gasteiger partial charge < -0.3 is 14.8 Å². The monoisotopic (exact) mass is 392 g/mol. The topological polar surface area (TPSA) is 93.7 Å². The summed E-state index contributed by atoms with van der Waals surface area (Å²) in [4.78, 5) is 12.1.